The van der Waals surface area contributed by atoms with Crippen LogP contribution in [0, 0.1) is 0 Å². The molecular formula is C5H11OV. The van der Waals surface area contributed by atoms with E-state index in [1.54, 1.807) is 0 Å². The summed E-state index contributed by atoms with van der Waals surface area (Å²) < 4.78 is 4.78. The molecule has 0 aliphatic carbocycles. The van der Waals surface area contributed by atoms with Crippen molar-refractivity contribution < 1.29 is 21.4 Å². The van der Waals surface area contributed by atoms with Crippen LogP contribution in [0.15, 0.2) is 0 Å². The van der Waals surface area contributed by atoms with Gasteiger partial charge in [-0.2, -0.15) is 0 Å². The summed E-state index contributed by atoms with van der Waals surface area (Å²) in [6.07, 6.45) is 3.76. The van der Waals surface area contributed by atoms with Crippen molar-refractivity contribution in [1.29, 1.82) is 0 Å². The third-order valence-corrected chi connectivity index (χ3v) is 1.12. The van der Waals surface area contributed by atoms with E-state index in [4.69, 9.17) is 3.66 Å². The molecule has 0 aliphatic heterocycles. The van der Waals surface area contributed by atoms with Crippen LogP contribution in [-0.2, 0) is 21.4 Å². The normalized spacial score (nSPS) is 9.29. The fraction of sp³-hybridized carbons (Fsp3) is 1.00. The monoisotopic (exact) mass is 138 g/mol. The first kappa shape index (κ1) is 7.54. The average Bonchev–Trinajstić information content (AvgIpc) is 1.69. The number of rotatable bonds is 4. The Morgan fingerprint density at radius 3 is 2.57 bits per heavy atom. The Morgan fingerprint density at radius 1 is 1.43 bits per heavy atom. The number of unbranched alkanes of at least 4 members (excludes halogenated alkanes) is 2. The zero-order chi connectivity index (χ0) is 5.54. The molecule has 0 atom stereocenters. The van der Waals surface area contributed by atoms with Crippen LogP contribution in [0.5, 0.6) is 0 Å². The first-order valence-corrected chi connectivity index (χ1v) is 3.25. The van der Waals surface area contributed by atoms with Gasteiger partial charge in [-0.25, -0.2) is 0 Å². The van der Waals surface area contributed by atoms with E-state index >= 15 is 0 Å². The molecule has 0 aliphatic rings. The van der Waals surface area contributed by atoms with E-state index in [1.807, 2.05) is 0 Å². The predicted molar refractivity (Wildman–Crippen MR) is 25.5 cm³/mol. The van der Waals surface area contributed by atoms with Gasteiger partial charge in [0.15, 0.2) is 0 Å². The molecule has 0 heterocycles. The second-order valence-corrected chi connectivity index (χ2v) is 1.94. The summed E-state index contributed by atoms with van der Waals surface area (Å²) in [5, 5.41) is 0. The first-order chi connectivity index (χ1) is 3.41. The molecule has 0 saturated heterocycles. The van der Waals surface area contributed by atoms with Gasteiger partial charge in [-0.15, -0.1) is 0 Å². The van der Waals surface area contributed by atoms with Crippen molar-refractivity contribution in [1.82, 2.24) is 0 Å². The van der Waals surface area contributed by atoms with Crippen molar-refractivity contribution in [2.45, 2.75) is 26.2 Å². The van der Waals surface area contributed by atoms with Gasteiger partial charge >= 0.3 is 54.2 Å². The van der Waals surface area contributed by atoms with Crippen LogP contribution >= 0.6 is 0 Å². The van der Waals surface area contributed by atoms with Crippen molar-refractivity contribution in [3.8, 4) is 0 Å². The van der Waals surface area contributed by atoms with E-state index in [2.05, 4.69) is 24.7 Å². The van der Waals surface area contributed by atoms with Crippen LogP contribution in [0.2, 0.25) is 0 Å². The molecule has 0 radical (unpaired) electrons. The van der Waals surface area contributed by atoms with Gasteiger partial charge in [0.05, 0.1) is 0 Å². The van der Waals surface area contributed by atoms with Gasteiger partial charge < -0.3 is 0 Å². The van der Waals surface area contributed by atoms with Crippen LogP contribution in [0.25, 0.3) is 0 Å². The van der Waals surface area contributed by atoms with Gasteiger partial charge in [-0.3, -0.25) is 0 Å². The van der Waals surface area contributed by atoms with Crippen LogP contribution in [0.4, 0.5) is 0 Å². The predicted octanol–water partition coefficient (Wildman–Crippen LogP) is 1.66. The van der Waals surface area contributed by atoms with Crippen LogP contribution in [-0.4, -0.2) is 6.61 Å². The van der Waals surface area contributed by atoms with E-state index in [0.717, 1.165) is 6.61 Å². The molecule has 42 valence electrons. The fourth-order valence-corrected chi connectivity index (χ4v) is 0.618. The van der Waals surface area contributed by atoms with E-state index in [9.17, 15) is 0 Å². The molecule has 0 bridgehead atoms. The van der Waals surface area contributed by atoms with E-state index in [1.165, 1.54) is 19.3 Å². The van der Waals surface area contributed by atoms with E-state index < -0.39 is 0 Å². The quantitative estimate of drug-likeness (QED) is 0.537. The molecule has 0 unspecified atom stereocenters. The van der Waals surface area contributed by atoms with Crippen LogP contribution < -0.4 is 0 Å². The molecule has 7 heavy (non-hydrogen) atoms. The maximum absolute atomic E-state index is 4.78. The van der Waals surface area contributed by atoms with Gasteiger partial charge in [-0.05, 0) is 0 Å². The van der Waals surface area contributed by atoms with Crippen molar-refractivity contribution in [2.24, 2.45) is 0 Å². The van der Waals surface area contributed by atoms with E-state index in [-0.39, 0.29) is 0 Å². The standard InChI is InChI=1S/C5H11O.V/c1-2-3-4-5-6;/h2-5H2,1H3;/q-1;+1. The van der Waals surface area contributed by atoms with Crippen molar-refractivity contribution >= 4 is 0 Å². The molecule has 0 aromatic rings. The Balaban J connectivity index is 2.45. The summed E-state index contributed by atoms with van der Waals surface area (Å²) in [5.74, 6) is 0. The van der Waals surface area contributed by atoms with E-state index in [0.29, 0.717) is 0 Å². The molecule has 0 aromatic carbocycles. The molecule has 0 amide bonds. The summed E-state index contributed by atoms with van der Waals surface area (Å²) >= 11 is 2.12. The minimum atomic E-state index is 0.897. The zero-order valence-corrected chi connectivity index (χ0v) is 6.08. The molecule has 1 nitrogen and oxygen atoms in total. The summed E-state index contributed by atoms with van der Waals surface area (Å²) in [5.41, 5.74) is 0. The summed E-state index contributed by atoms with van der Waals surface area (Å²) in [4.78, 5) is 0. The Morgan fingerprint density at radius 2 is 2.14 bits per heavy atom. The van der Waals surface area contributed by atoms with Gasteiger partial charge in [0.1, 0.15) is 0 Å². The van der Waals surface area contributed by atoms with Gasteiger partial charge in [-0.1, -0.05) is 0 Å². The van der Waals surface area contributed by atoms with Crippen LogP contribution in [0.3, 0.4) is 0 Å². The Bertz CT molecular complexity index is 27.3. The summed E-state index contributed by atoms with van der Waals surface area (Å²) in [6, 6.07) is 0. The van der Waals surface area contributed by atoms with Crippen LogP contribution in [0.1, 0.15) is 26.2 Å². The van der Waals surface area contributed by atoms with Crippen molar-refractivity contribution in [3.05, 3.63) is 0 Å². The minimum absolute atomic E-state index is 0.897. The SMILES string of the molecule is CCCCC[O][V]. The van der Waals surface area contributed by atoms with Gasteiger partial charge in [0.25, 0.3) is 0 Å². The molecule has 0 rings (SSSR count). The van der Waals surface area contributed by atoms with Gasteiger partial charge in [0, 0.05) is 0 Å². The molecule has 0 fully saturated rings. The fourth-order valence-electron chi connectivity index (χ4n) is 0.417. The Labute approximate surface area is 54.8 Å². The second-order valence-electron chi connectivity index (χ2n) is 1.54. The molecule has 0 spiro atoms. The third kappa shape index (κ3) is 6.54. The Hall–Kier alpha value is 0.544. The summed E-state index contributed by atoms with van der Waals surface area (Å²) in [6.45, 7) is 3.08. The topological polar surface area (TPSA) is 9.23 Å². The molecule has 0 aromatic heterocycles. The van der Waals surface area contributed by atoms with Crippen molar-refractivity contribution in [3.63, 3.8) is 0 Å². The van der Waals surface area contributed by atoms with Gasteiger partial charge in [0.2, 0.25) is 0 Å². The number of hydrogen-bond donors (Lipinski definition) is 0. The van der Waals surface area contributed by atoms with Crippen molar-refractivity contribution in [2.75, 3.05) is 6.61 Å². The second kappa shape index (κ2) is 6.54. The average molecular weight is 138 g/mol. The molecule has 2 heteroatoms. The summed E-state index contributed by atoms with van der Waals surface area (Å²) in [7, 11) is 0. The molecule has 0 saturated carbocycles. The first-order valence-electron chi connectivity index (χ1n) is 2.68. The third-order valence-electron chi connectivity index (χ3n) is 0.839. The molecular weight excluding hydrogens is 127 g/mol. The number of hydrogen-bond acceptors (Lipinski definition) is 1. The molecule has 0 N–H and O–H groups in total. The maximum atomic E-state index is 4.78. The Kier molecular flexibility index (Phi) is 7.05. The zero-order valence-electron chi connectivity index (χ0n) is 4.68.